The van der Waals surface area contributed by atoms with Crippen molar-refractivity contribution in [1.82, 2.24) is 9.55 Å². The van der Waals surface area contributed by atoms with Crippen LogP contribution < -0.4 is 0 Å². The first-order valence-corrected chi connectivity index (χ1v) is 8.77. The van der Waals surface area contributed by atoms with Gasteiger partial charge in [-0.1, -0.05) is 24.3 Å². The van der Waals surface area contributed by atoms with Crippen molar-refractivity contribution in [1.29, 1.82) is 0 Å². The van der Waals surface area contributed by atoms with Gasteiger partial charge >= 0.3 is 0 Å². The van der Waals surface area contributed by atoms with Crippen LogP contribution >= 0.6 is 0 Å². The number of aromatic nitrogens is 2. The van der Waals surface area contributed by atoms with Gasteiger partial charge in [0.25, 0.3) is 5.69 Å². The van der Waals surface area contributed by atoms with Crippen molar-refractivity contribution in [2.45, 2.75) is 6.92 Å². The monoisotopic (exact) mass is 371 g/mol. The van der Waals surface area contributed by atoms with Gasteiger partial charge in [-0.2, -0.15) is 0 Å². The van der Waals surface area contributed by atoms with E-state index >= 15 is 0 Å². The summed E-state index contributed by atoms with van der Waals surface area (Å²) in [5.41, 5.74) is 5.01. The molecule has 0 aliphatic carbocycles. The predicted molar refractivity (Wildman–Crippen MR) is 108 cm³/mol. The molecule has 0 N–H and O–H groups in total. The molecule has 0 unspecified atom stereocenters. The highest BCUT2D eigenvalue weighted by atomic mass is 16.6. The Hall–Kier alpha value is -3.80. The van der Waals surface area contributed by atoms with Crippen LogP contribution in [0, 0.1) is 10.1 Å². The van der Waals surface area contributed by atoms with Gasteiger partial charge in [-0.05, 0) is 42.8 Å². The number of ketones is 1. The maximum Gasteiger partial charge on any atom is 0.278 e. The van der Waals surface area contributed by atoms with Crippen molar-refractivity contribution in [3.63, 3.8) is 0 Å². The van der Waals surface area contributed by atoms with Crippen molar-refractivity contribution in [3.05, 3.63) is 82.5 Å². The summed E-state index contributed by atoms with van der Waals surface area (Å²) in [6, 6.07) is 18.1. The second-order valence-electron chi connectivity index (χ2n) is 6.59. The number of non-ortho nitro benzene ring substituents is 1. The third-order valence-corrected chi connectivity index (χ3v) is 4.93. The van der Waals surface area contributed by atoms with E-state index in [2.05, 4.69) is 4.98 Å². The number of Topliss-reactive ketones (excluding diaryl/α,β-unsaturated/α-hetero) is 1. The van der Waals surface area contributed by atoms with Gasteiger partial charge in [0.05, 0.1) is 21.5 Å². The zero-order chi connectivity index (χ0) is 19.8. The molecule has 2 aromatic heterocycles. The number of carbonyl (C=O) groups is 1. The fourth-order valence-corrected chi connectivity index (χ4v) is 3.47. The van der Waals surface area contributed by atoms with E-state index in [-0.39, 0.29) is 16.4 Å². The van der Waals surface area contributed by atoms with Crippen LogP contribution in [0.15, 0.2) is 66.9 Å². The summed E-state index contributed by atoms with van der Waals surface area (Å²) in [5.74, 6) is 0.0301. The standard InChI is InChI=1S/C22H17N3O3/c1-14(26)15-5-7-16(8-6-15)19-11-12-20(24(19)2)18-9-10-21(25(27)28)17-4-3-13-23-22(17)18/h3-13H,1-2H3. The van der Waals surface area contributed by atoms with E-state index in [4.69, 9.17) is 0 Å². The minimum Gasteiger partial charge on any atom is -0.344 e. The van der Waals surface area contributed by atoms with Gasteiger partial charge in [-0.25, -0.2) is 0 Å². The Morgan fingerprint density at radius 2 is 1.71 bits per heavy atom. The Morgan fingerprint density at radius 1 is 1.00 bits per heavy atom. The molecule has 0 atom stereocenters. The lowest BCUT2D eigenvalue weighted by Gasteiger charge is -2.11. The number of nitrogens with zero attached hydrogens (tertiary/aromatic N) is 3. The summed E-state index contributed by atoms with van der Waals surface area (Å²) in [4.78, 5) is 26.8. The molecular formula is C22H17N3O3. The molecule has 0 aliphatic heterocycles. The summed E-state index contributed by atoms with van der Waals surface area (Å²) in [6.45, 7) is 1.54. The van der Waals surface area contributed by atoms with Gasteiger partial charge in [0.15, 0.2) is 5.78 Å². The smallest absolute Gasteiger partial charge is 0.278 e. The minimum absolute atomic E-state index is 0.0301. The summed E-state index contributed by atoms with van der Waals surface area (Å²) in [5, 5.41) is 11.9. The molecule has 0 amide bonds. The highest BCUT2D eigenvalue weighted by Gasteiger charge is 2.18. The first kappa shape index (κ1) is 17.6. The van der Waals surface area contributed by atoms with E-state index in [1.807, 2.05) is 48.0 Å². The molecule has 4 rings (SSSR count). The number of hydrogen-bond acceptors (Lipinski definition) is 4. The third-order valence-electron chi connectivity index (χ3n) is 4.93. The van der Waals surface area contributed by atoms with Gasteiger partial charge in [-0.15, -0.1) is 0 Å². The Balaban J connectivity index is 1.85. The molecule has 0 aliphatic rings. The van der Waals surface area contributed by atoms with E-state index in [0.717, 1.165) is 22.5 Å². The highest BCUT2D eigenvalue weighted by molar-refractivity contribution is 5.99. The molecule has 2 aromatic carbocycles. The molecule has 0 spiro atoms. The van der Waals surface area contributed by atoms with Crippen LogP contribution in [0.2, 0.25) is 0 Å². The number of hydrogen-bond donors (Lipinski definition) is 0. The average Bonchev–Trinajstić information content (AvgIpc) is 3.08. The third kappa shape index (κ3) is 2.85. The van der Waals surface area contributed by atoms with E-state index in [1.165, 1.54) is 6.07 Å². The van der Waals surface area contributed by atoms with E-state index < -0.39 is 0 Å². The van der Waals surface area contributed by atoms with Gasteiger partial charge in [0.2, 0.25) is 0 Å². The Morgan fingerprint density at radius 3 is 2.39 bits per heavy atom. The number of nitro groups is 1. The molecule has 0 saturated carbocycles. The SMILES string of the molecule is CC(=O)c1ccc(-c2ccc(-c3ccc([N+](=O)[O-])c4cccnc34)n2C)cc1. The van der Waals surface area contributed by atoms with Crippen LogP contribution in [-0.4, -0.2) is 20.3 Å². The lowest BCUT2D eigenvalue weighted by Crippen LogP contribution is -1.98. The number of pyridine rings is 1. The Kier molecular flexibility index (Phi) is 4.24. The maximum atomic E-state index is 11.5. The lowest BCUT2D eigenvalue weighted by molar-refractivity contribution is -0.383. The van der Waals surface area contributed by atoms with Crippen LogP contribution in [0.4, 0.5) is 5.69 Å². The quantitative estimate of drug-likeness (QED) is 0.287. The van der Waals surface area contributed by atoms with Crippen LogP contribution in [0.5, 0.6) is 0 Å². The van der Waals surface area contributed by atoms with Gasteiger partial charge < -0.3 is 4.57 Å². The van der Waals surface area contributed by atoms with E-state index in [1.54, 1.807) is 31.3 Å². The molecule has 2 heterocycles. The molecule has 138 valence electrons. The molecule has 0 bridgehead atoms. The first-order chi connectivity index (χ1) is 13.5. The first-order valence-electron chi connectivity index (χ1n) is 8.77. The number of carbonyl (C=O) groups excluding carboxylic acids is 1. The summed E-state index contributed by atoms with van der Waals surface area (Å²) in [7, 11) is 1.94. The molecular weight excluding hydrogens is 354 g/mol. The van der Waals surface area contributed by atoms with Crippen molar-refractivity contribution in [2.24, 2.45) is 7.05 Å². The fourth-order valence-electron chi connectivity index (χ4n) is 3.47. The molecule has 4 aromatic rings. The van der Waals surface area contributed by atoms with Gasteiger partial charge in [0.1, 0.15) is 0 Å². The van der Waals surface area contributed by atoms with Gasteiger partial charge in [0, 0.05) is 36.1 Å². The zero-order valence-electron chi connectivity index (χ0n) is 15.4. The lowest BCUT2D eigenvalue weighted by atomic mass is 10.1. The van der Waals surface area contributed by atoms with Crippen LogP contribution in [-0.2, 0) is 7.05 Å². The second kappa shape index (κ2) is 6.74. The zero-order valence-corrected chi connectivity index (χ0v) is 15.4. The molecule has 0 fully saturated rings. The topological polar surface area (TPSA) is 78.0 Å². The number of nitro benzene ring substituents is 1. The highest BCUT2D eigenvalue weighted by Crippen LogP contribution is 2.35. The Labute approximate surface area is 161 Å². The average molecular weight is 371 g/mol. The minimum atomic E-state index is -0.388. The maximum absolute atomic E-state index is 11.5. The Bertz CT molecular complexity index is 1220. The second-order valence-corrected chi connectivity index (χ2v) is 6.59. The summed E-state index contributed by atoms with van der Waals surface area (Å²) >= 11 is 0. The number of benzene rings is 2. The largest absolute Gasteiger partial charge is 0.344 e. The van der Waals surface area contributed by atoms with Crippen molar-refractivity contribution < 1.29 is 9.72 Å². The number of rotatable bonds is 4. The van der Waals surface area contributed by atoms with E-state index in [9.17, 15) is 14.9 Å². The van der Waals surface area contributed by atoms with Crippen molar-refractivity contribution >= 4 is 22.4 Å². The molecule has 0 saturated heterocycles. The molecule has 0 radical (unpaired) electrons. The van der Waals surface area contributed by atoms with Crippen molar-refractivity contribution in [2.75, 3.05) is 0 Å². The van der Waals surface area contributed by atoms with Crippen LogP contribution in [0.3, 0.4) is 0 Å². The van der Waals surface area contributed by atoms with Crippen LogP contribution in [0.1, 0.15) is 17.3 Å². The van der Waals surface area contributed by atoms with E-state index in [0.29, 0.717) is 16.5 Å². The number of fused-ring (bicyclic) bond motifs is 1. The molecule has 6 nitrogen and oxygen atoms in total. The predicted octanol–water partition coefficient (Wildman–Crippen LogP) is 5.02. The normalized spacial score (nSPS) is 10.9. The summed E-state index contributed by atoms with van der Waals surface area (Å²) in [6.07, 6.45) is 1.64. The molecule has 6 heteroatoms. The fraction of sp³-hybridized carbons (Fsp3) is 0.0909. The van der Waals surface area contributed by atoms with Crippen LogP contribution in [0.25, 0.3) is 33.4 Å². The summed E-state index contributed by atoms with van der Waals surface area (Å²) < 4.78 is 2.03. The van der Waals surface area contributed by atoms with Crippen molar-refractivity contribution in [3.8, 4) is 22.5 Å². The molecule has 28 heavy (non-hydrogen) atoms. The van der Waals surface area contributed by atoms with Gasteiger partial charge in [-0.3, -0.25) is 19.9 Å².